The van der Waals surface area contributed by atoms with E-state index in [1.807, 2.05) is 0 Å². The average molecular weight is 365 g/mol. The highest BCUT2D eigenvalue weighted by atomic mass is 16.3. The zero-order chi connectivity index (χ0) is 18.6. The number of anilines is 1. The summed E-state index contributed by atoms with van der Waals surface area (Å²) in [4.78, 5) is 2.73. The van der Waals surface area contributed by atoms with Crippen LogP contribution in [-0.2, 0) is 0 Å². The molecule has 1 aliphatic heterocycles. The number of aliphatic hydroxyl groups is 1. The van der Waals surface area contributed by atoms with Crippen LogP contribution in [0.5, 0.6) is 0 Å². The molecule has 2 fully saturated rings. The molecule has 1 aliphatic carbocycles. The standard InChI is InChI=1S/C24H32N2O/c1-18-23(19-6-3-2-4-7-19)8-5-9-24(18)26(21-14-16-25-17-15-21)20-10-12-22(27)13-11-20/h2-9,20-22,25,27H,10-17H2,1H3/t20-,22+. The van der Waals surface area contributed by atoms with E-state index in [0.29, 0.717) is 12.1 Å². The van der Waals surface area contributed by atoms with Gasteiger partial charge in [0, 0.05) is 17.8 Å². The molecule has 2 aromatic rings. The number of nitrogens with zero attached hydrogens (tertiary/aromatic N) is 1. The maximum atomic E-state index is 10.0. The first-order valence-electron chi connectivity index (χ1n) is 10.6. The van der Waals surface area contributed by atoms with Gasteiger partial charge in [0.25, 0.3) is 0 Å². The molecule has 0 spiro atoms. The molecular weight excluding hydrogens is 332 g/mol. The first-order chi connectivity index (χ1) is 13.2. The molecule has 0 atom stereocenters. The van der Waals surface area contributed by atoms with Gasteiger partial charge in [-0.3, -0.25) is 0 Å². The molecular formula is C24H32N2O. The summed E-state index contributed by atoms with van der Waals surface area (Å²) < 4.78 is 0. The maximum Gasteiger partial charge on any atom is 0.0541 e. The van der Waals surface area contributed by atoms with Crippen LogP contribution in [0, 0.1) is 6.92 Å². The molecule has 3 nitrogen and oxygen atoms in total. The van der Waals surface area contributed by atoms with E-state index in [1.165, 1.54) is 35.2 Å². The Bertz CT molecular complexity index is 731. The molecule has 4 rings (SSSR count). The Kier molecular flexibility index (Phi) is 5.80. The minimum Gasteiger partial charge on any atom is -0.393 e. The van der Waals surface area contributed by atoms with Crippen molar-refractivity contribution in [2.75, 3.05) is 18.0 Å². The van der Waals surface area contributed by atoms with E-state index < -0.39 is 0 Å². The van der Waals surface area contributed by atoms with Crippen molar-refractivity contribution in [2.24, 2.45) is 0 Å². The first kappa shape index (κ1) is 18.5. The summed E-state index contributed by atoms with van der Waals surface area (Å²) in [5, 5.41) is 13.5. The van der Waals surface area contributed by atoms with Crippen LogP contribution in [0.25, 0.3) is 11.1 Å². The third-order valence-corrected chi connectivity index (χ3v) is 6.43. The van der Waals surface area contributed by atoms with Crippen LogP contribution in [0.4, 0.5) is 5.69 Å². The predicted molar refractivity (Wildman–Crippen MR) is 113 cm³/mol. The Morgan fingerprint density at radius 1 is 0.815 bits per heavy atom. The summed E-state index contributed by atoms with van der Waals surface area (Å²) in [6.07, 6.45) is 6.36. The third kappa shape index (κ3) is 4.04. The van der Waals surface area contributed by atoms with Crippen molar-refractivity contribution in [3.8, 4) is 11.1 Å². The van der Waals surface area contributed by atoms with Crippen molar-refractivity contribution in [1.82, 2.24) is 5.32 Å². The number of rotatable bonds is 4. The van der Waals surface area contributed by atoms with E-state index in [-0.39, 0.29) is 6.10 Å². The van der Waals surface area contributed by atoms with Crippen molar-refractivity contribution in [3.63, 3.8) is 0 Å². The third-order valence-electron chi connectivity index (χ3n) is 6.43. The Hall–Kier alpha value is -1.84. The Labute approximate surface area is 163 Å². The minimum atomic E-state index is -0.104. The number of piperidine rings is 1. The molecule has 0 aromatic heterocycles. The lowest BCUT2D eigenvalue weighted by molar-refractivity contribution is 0.119. The van der Waals surface area contributed by atoms with E-state index in [2.05, 4.69) is 65.7 Å². The summed E-state index contributed by atoms with van der Waals surface area (Å²) in [5.74, 6) is 0. The number of hydrogen-bond acceptors (Lipinski definition) is 3. The van der Waals surface area contributed by atoms with Crippen molar-refractivity contribution in [3.05, 3.63) is 54.1 Å². The number of nitrogens with one attached hydrogen (secondary N) is 1. The van der Waals surface area contributed by atoms with E-state index in [1.54, 1.807) is 0 Å². The lowest BCUT2D eigenvalue weighted by atomic mass is 9.88. The number of hydrogen-bond donors (Lipinski definition) is 2. The van der Waals surface area contributed by atoms with Gasteiger partial charge < -0.3 is 15.3 Å². The maximum absolute atomic E-state index is 10.0. The van der Waals surface area contributed by atoms with Gasteiger partial charge in [0.05, 0.1) is 6.10 Å². The number of benzene rings is 2. The fraction of sp³-hybridized carbons (Fsp3) is 0.500. The van der Waals surface area contributed by atoms with Gasteiger partial charge in [-0.05, 0) is 81.3 Å². The summed E-state index contributed by atoms with van der Waals surface area (Å²) in [7, 11) is 0. The van der Waals surface area contributed by atoms with Crippen molar-refractivity contribution >= 4 is 5.69 Å². The molecule has 3 heteroatoms. The van der Waals surface area contributed by atoms with Gasteiger partial charge >= 0.3 is 0 Å². The Morgan fingerprint density at radius 3 is 2.19 bits per heavy atom. The summed E-state index contributed by atoms with van der Waals surface area (Å²) in [5.41, 5.74) is 5.40. The highest BCUT2D eigenvalue weighted by molar-refractivity contribution is 5.74. The fourth-order valence-electron chi connectivity index (χ4n) is 4.95. The van der Waals surface area contributed by atoms with Gasteiger partial charge in [-0.2, -0.15) is 0 Å². The van der Waals surface area contributed by atoms with Gasteiger partial charge in [0.1, 0.15) is 0 Å². The second kappa shape index (κ2) is 8.45. The van der Waals surface area contributed by atoms with E-state index in [4.69, 9.17) is 0 Å². The molecule has 2 aliphatic rings. The minimum absolute atomic E-state index is 0.104. The van der Waals surface area contributed by atoms with Gasteiger partial charge in [-0.1, -0.05) is 42.5 Å². The van der Waals surface area contributed by atoms with Crippen LogP contribution in [0.2, 0.25) is 0 Å². The SMILES string of the molecule is Cc1c(-c2ccccc2)cccc1N(C1CCNCC1)[C@H]1CC[C@@H](O)CC1. The van der Waals surface area contributed by atoms with Crippen LogP contribution in [0.3, 0.4) is 0 Å². The summed E-state index contributed by atoms with van der Waals surface area (Å²) >= 11 is 0. The van der Waals surface area contributed by atoms with Gasteiger partial charge in [-0.15, -0.1) is 0 Å². The molecule has 2 N–H and O–H groups in total. The smallest absolute Gasteiger partial charge is 0.0541 e. The molecule has 0 unspecified atom stereocenters. The van der Waals surface area contributed by atoms with E-state index in [0.717, 1.165) is 38.8 Å². The first-order valence-corrected chi connectivity index (χ1v) is 10.6. The molecule has 0 amide bonds. The van der Waals surface area contributed by atoms with Gasteiger partial charge in [-0.25, -0.2) is 0 Å². The molecule has 2 aromatic carbocycles. The lowest BCUT2D eigenvalue weighted by Crippen LogP contribution is -2.50. The molecule has 1 heterocycles. The zero-order valence-electron chi connectivity index (χ0n) is 16.4. The molecule has 0 radical (unpaired) electrons. The summed E-state index contributed by atoms with van der Waals surface area (Å²) in [6.45, 7) is 4.49. The monoisotopic (exact) mass is 364 g/mol. The summed E-state index contributed by atoms with van der Waals surface area (Å²) in [6, 6.07) is 18.7. The van der Waals surface area contributed by atoms with Gasteiger partial charge in [0.15, 0.2) is 0 Å². The lowest BCUT2D eigenvalue weighted by Gasteiger charge is -2.45. The second-order valence-corrected chi connectivity index (χ2v) is 8.17. The Balaban J connectivity index is 1.71. The predicted octanol–water partition coefficient (Wildman–Crippen LogP) is 4.52. The zero-order valence-corrected chi connectivity index (χ0v) is 16.4. The van der Waals surface area contributed by atoms with Crippen molar-refractivity contribution in [2.45, 2.75) is 63.6 Å². The van der Waals surface area contributed by atoms with Crippen LogP contribution in [-0.4, -0.2) is 36.4 Å². The largest absolute Gasteiger partial charge is 0.393 e. The van der Waals surface area contributed by atoms with E-state index >= 15 is 0 Å². The highest BCUT2D eigenvalue weighted by Gasteiger charge is 2.32. The number of aliphatic hydroxyl groups excluding tert-OH is 1. The van der Waals surface area contributed by atoms with Crippen LogP contribution in [0.15, 0.2) is 48.5 Å². The average Bonchev–Trinajstić information content (AvgIpc) is 2.72. The van der Waals surface area contributed by atoms with Crippen LogP contribution < -0.4 is 10.2 Å². The molecule has 1 saturated heterocycles. The Morgan fingerprint density at radius 2 is 1.48 bits per heavy atom. The molecule has 0 bridgehead atoms. The molecule has 1 saturated carbocycles. The van der Waals surface area contributed by atoms with Crippen molar-refractivity contribution in [1.29, 1.82) is 0 Å². The molecule has 144 valence electrons. The van der Waals surface area contributed by atoms with Crippen molar-refractivity contribution < 1.29 is 5.11 Å². The normalized spacial score (nSPS) is 23.9. The second-order valence-electron chi connectivity index (χ2n) is 8.17. The quantitative estimate of drug-likeness (QED) is 0.837. The van der Waals surface area contributed by atoms with Crippen LogP contribution >= 0.6 is 0 Å². The molecule has 27 heavy (non-hydrogen) atoms. The van der Waals surface area contributed by atoms with Crippen LogP contribution in [0.1, 0.15) is 44.1 Å². The topological polar surface area (TPSA) is 35.5 Å². The fourth-order valence-corrected chi connectivity index (χ4v) is 4.95. The van der Waals surface area contributed by atoms with Gasteiger partial charge in [0.2, 0.25) is 0 Å². The highest BCUT2D eigenvalue weighted by Crippen LogP contribution is 2.37. The van der Waals surface area contributed by atoms with E-state index in [9.17, 15) is 5.11 Å².